The maximum Gasteiger partial charge on any atom is 0.0581 e. The van der Waals surface area contributed by atoms with Crippen LogP contribution in [0.25, 0.3) is 0 Å². The molecule has 1 N–H and O–H groups in total. The van der Waals surface area contributed by atoms with Gasteiger partial charge < -0.3 is 5.11 Å². The lowest BCUT2D eigenvalue weighted by Gasteiger charge is -2.22. The van der Waals surface area contributed by atoms with Gasteiger partial charge in [-0.1, -0.05) is 42.4 Å². The summed E-state index contributed by atoms with van der Waals surface area (Å²) in [4.78, 5) is 4.38. The van der Waals surface area contributed by atoms with Crippen LogP contribution in [0.2, 0.25) is 0 Å². The van der Waals surface area contributed by atoms with E-state index in [2.05, 4.69) is 39.6 Å². The van der Waals surface area contributed by atoms with Gasteiger partial charge in [0.1, 0.15) is 0 Å². The lowest BCUT2D eigenvalue weighted by molar-refractivity contribution is 0.265. The maximum absolute atomic E-state index is 9.13. The fourth-order valence-corrected chi connectivity index (χ4v) is 3.78. The molecule has 0 aliphatic rings. The molecule has 0 bridgehead atoms. The second-order valence-electron chi connectivity index (χ2n) is 5.85. The molecule has 0 saturated carbocycles. The van der Waals surface area contributed by atoms with Crippen LogP contribution in [0.5, 0.6) is 0 Å². The van der Waals surface area contributed by atoms with Crippen molar-refractivity contribution in [1.29, 1.82) is 0 Å². The zero-order valence-electron chi connectivity index (χ0n) is 12.0. The standard InChI is InChI=1S/C13H27NOS2/c1-12(2,3)11(14-6)8-7-9-16-17-13(4,5)10-15/h15H,7-10H2,1-6H3. The summed E-state index contributed by atoms with van der Waals surface area (Å²) >= 11 is 0. The Balaban J connectivity index is 3.79. The molecule has 17 heavy (non-hydrogen) atoms. The summed E-state index contributed by atoms with van der Waals surface area (Å²) in [6, 6.07) is 0. The van der Waals surface area contributed by atoms with Gasteiger partial charge in [-0.3, -0.25) is 4.99 Å². The molecule has 0 spiro atoms. The monoisotopic (exact) mass is 277 g/mol. The fraction of sp³-hybridized carbons (Fsp3) is 0.923. The first-order valence-corrected chi connectivity index (χ1v) is 8.42. The van der Waals surface area contributed by atoms with Gasteiger partial charge in [0.05, 0.1) is 6.61 Å². The summed E-state index contributed by atoms with van der Waals surface area (Å²) in [6.07, 6.45) is 2.23. The molecule has 0 unspecified atom stereocenters. The SMILES string of the molecule is CN=C(CCCSSC(C)(C)CO)C(C)(C)C. The number of aliphatic imine (C=N–C) groups is 1. The zero-order valence-corrected chi connectivity index (χ0v) is 13.7. The van der Waals surface area contributed by atoms with Crippen LogP contribution < -0.4 is 0 Å². The second kappa shape index (κ2) is 7.70. The highest BCUT2D eigenvalue weighted by Gasteiger charge is 2.19. The molecule has 2 nitrogen and oxygen atoms in total. The average molecular weight is 277 g/mol. The predicted molar refractivity (Wildman–Crippen MR) is 83.3 cm³/mol. The third-order valence-corrected chi connectivity index (χ3v) is 5.80. The van der Waals surface area contributed by atoms with E-state index < -0.39 is 0 Å². The molecular weight excluding hydrogens is 250 g/mol. The van der Waals surface area contributed by atoms with Crippen LogP contribution in [0.3, 0.4) is 0 Å². The minimum atomic E-state index is -0.0314. The van der Waals surface area contributed by atoms with Gasteiger partial charge in [0, 0.05) is 23.3 Å². The summed E-state index contributed by atoms with van der Waals surface area (Å²) in [5.74, 6) is 1.11. The number of nitrogens with zero attached hydrogens (tertiary/aromatic N) is 1. The predicted octanol–water partition coefficient (Wildman–Crippen LogP) is 4.04. The van der Waals surface area contributed by atoms with Crippen LogP contribution in [0.15, 0.2) is 4.99 Å². The largest absolute Gasteiger partial charge is 0.395 e. The number of rotatable bonds is 7. The summed E-state index contributed by atoms with van der Waals surface area (Å²) in [7, 11) is 5.51. The molecule has 0 radical (unpaired) electrons. The third-order valence-electron chi connectivity index (χ3n) is 2.44. The summed E-state index contributed by atoms with van der Waals surface area (Å²) < 4.78 is -0.0314. The molecule has 0 amide bonds. The van der Waals surface area contributed by atoms with Crippen molar-refractivity contribution in [3.63, 3.8) is 0 Å². The Labute approximate surface area is 114 Å². The van der Waals surface area contributed by atoms with Crippen LogP contribution >= 0.6 is 21.6 Å². The average Bonchev–Trinajstić information content (AvgIpc) is 2.21. The van der Waals surface area contributed by atoms with Crippen molar-refractivity contribution in [2.24, 2.45) is 10.4 Å². The van der Waals surface area contributed by atoms with Crippen LogP contribution in [-0.2, 0) is 0 Å². The summed E-state index contributed by atoms with van der Waals surface area (Å²) in [5.41, 5.74) is 1.49. The van der Waals surface area contributed by atoms with Crippen molar-refractivity contribution < 1.29 is 5.11 Å². The van der Waals surface area contributed by atoms with Crippen molar-refractivity contribution in [3.8, 4) is 0 Å². The molecule has 0 heterocycles. The van der Waals surface area contributed by atoms with E-state index in [1.54, 1.807) is 10.8 Å². The number of hydrogen-bond acceptors (Lipinski definition) is 4. The van der Waals surface area contributed by atoms with Gasteiger partial charge in [-0.25, -0.2) is 0 Å². The van der Waals surface area contributed by atoms with E-state index >= 15 is 0 Å². The number of hydrogen-bond donors (Lipinski definition) is 1. The van der Waals surface area contributed by atoms with Crippen LogP contribution in [0, 0.1) is 5.41 Å². The molecule has 0 saturated heterocycles. The molecule has 0 fully saturated rings. The van der Waals surface area contributed by atoms with Crippen molar-refractivity contribution in [2.75, 3.05) is 19.4 Å². The molecule has 0 aliphatic carbocycles. The van der Waals surface area contributed by atoms with Gasteiger partial charge in [-0.15, -0.1) is 0 Å². The normalized spacial score (nSPS) is 14.2. The van der Waals surface area contributed by atoms with Gasteiger partial charge in [0.15, 0.2) is 0 Å². The Morgan fingerprint density at radius 3 is 2.18 bits per heavy atom. The smallest absolute Gasteiger partial charge is 0.0581 e. The van der Waals surface area contributed by atoms with Crippen molar-refractivity contribution in [3.05, 3.63) is 0 Å². The lowest BCUT2D eigenvalue weighted by Crippen LogP contribution is -2.20. The first-order valence-electron chi connectivity index (χ1n) is 6.10. The Kier molecular flexibility index (Phi) is 7.85. The second-order valence-corrected chi connectivity index (χ2v) is 8.97. The van der Waals surface area contributed by atoms with Gasteiger partial charge in [-0.2, -0.15) is 0 Å². The molecule has 0 aliphatic heterocycles. The van der Waals surface area contributed by atoms with Crippen molar-refractivity contribution in [2.45, 2.75) is 52.2 Å². The highest BCUT2D eigenvalue weighted by molar-refractivity contribution is 8.77. The van der Waals surface area contributed by atoms with E-state index in [4.69, 9.17) is 5.11 Å². The molecule has 0 aromatic rings. The first kappa shape index (κ1) is 17.3. The summed E-state index contributed by atoms with van der Waals surface area (Å²) in [5, 5.41) is 9.13. The molecule has 0 rings (SSSR count). The van der Waals surface area contributed by atoms with Gasteiger partial charge in [0.25, 0.3) is 0 Å². The number of aliphatic hydroxyl groups excluding tert-OH is 1. The molecule has 0 atom stereocenters. The highest BCUT2D eigenvalue weighted by atomic mass is 33.1. The first-order chi connectivity index (χ1) is 7.73. The molecule has 4 heteroatoms. The van der Waals surface area contributed by atoms with E-state index in [1.165, 1.54) is 5.71 Å². The Bertz CT molecular complexity index is 244. The van der Waals surface area contributed by atoms with Crippen LogP contribution in [0.1, 0.15) is 47.5 Å². The van der Waals surface area contributed by atoms with E-state index in [-0.39, 0.29) is 16.8 Å². The van der Waals surface area contributed by atoms with Gasteiger partial charge in [-0.05, 0) is 32.1 Å². The van der Waals surface area contributed by atoms with Crippen LogP contribution in [-0.4, -0.2) is 35.0 Å². The molecule has 0 aromatic heterocycles. The zero-order chi connectivity index (χ0) is 13.5. The summed E-state index contributed by atoms with van der Waals surface area (Å²) in [6.45, 7) is 11.0. The Morgan fingerprint density at radius 2 is 1.76 bits per heavy atom. The quantitative estimate of drug-likeness (QED) is 0.433. The minimum Gasteiger partial charge on any atom is -0.395 e. The van der Waals surface area contributed by atoms with Crippen molar-refractivity contribution >= 4 is 27.3 Å². The number of aliphatic hydroxyl groups is 1. The molecular formula is C13H27NOS2. The lowest BCUT2D eigenvalue weighted by atomic mass is 9.87. The van der Waals surface area contributed by atoms with E-state index in [1.807, 2.05) is 17.8 Å². The van der Waals surface area contributed by atoms with E-state index in [0.29, 0.717) is 0 Å². The maximum atomic E-state index is 9.13. The van der Waals surface area contributed by atoms with Gasteiger partial charge >= 0.3 is 0 Å². The highest BCUT2D eigenvalue weighted by Crippen LogP contribution is 2.35. The molecule has 0 aromatic carbocycles. The van der Waals surface area contributed by atoms with Crippen LogP contribution in [0.4, 0.5) is 0 Å². The van der Waals surface area contributed by atoms with E-state index in [0.717, 1.165) is 18.6 Å². The Morgan fingerprint density at radius 1 is 1.18 bits per heavy atom. The Hall–Kier alpha value is 0.330. The van der Waals surface area contributed by atoms with Gasteiger partial charge in [0.2, 0.25) is 0 Å². The molecule has 102 valence electrons. The topological polar surface area (TPSA) is 32.6 Å². The fourth-order valence-electron chi connectivity index (χ4n) is 1.35. The minimum absolute atomic E-state index is 0.0314. The van der Waals surface area contributed by atoms with Crippen molar-refractivity contribution in [1.82, 2.24) is 0 Å². The third kappa shape index (κ3) is 8.11. The van der Waals surface area contributed by atoms with E-state index in [9.17, 15) is 0 Å².